The molecule has 1 saturated heterocycles. The molecule has 2 unspecified atom stereocenters. The second kappa shape index (κ2) is 11.4. The van der Waals surface area contributed by atoms with Gasteiger partial charge >= 0.3 is 0 Å². The lowest BCUT2D eigenvalue weighted by molar-refractivity contribution is 0.0668. The van der Waals surface area contributed by atoms with Crippen molar-refractivity contribution in [1.29, 1.82) is 0 Å². The predicted octanol–water partition coefficient (Wildman–Crippen LogP) is 7.49. The first-order valence-corrected chi connectivity index (χ1v) is 15.9. The van der Waals surface area contributed by atoms with Gasteiger partial charge in [-0.3, -0.25) is 9.29 Å². The van der Waals surface area contributed by atoms with Crippen LogP contribution in [0.15, 0.2) is 66.7 Å². The summed E-state index contributed by atoms with van der Waals surface area (Å²) in [6, 6.07) is 20.3. The molecule has 0 aromatic heterocycles. The van der Waals surface area contributed by atoms with Gasteiger partial charge in [0.25, 0.3) is 0 Å². The highest BCUT2D eigenvalue weighted by atomic mass is 127. The number of halogens is 3. The Balaban J connectivity index is 1.38. The molecule has 2 heterocycles. The molecule has 0 N–H and O–H groups in total. The highest BCUT2D eigenvalue weighted by Gasteiger charge is 2.30. The Morgan fingerprint density at radius 3 is 2.44 bits per heavy atom. The number of nitrogens with zero attached hydrogens (tertiary/aromatic N) is 1. The van der Waals surface area contributed by atoms with Crippen LogP contribution in [-0.4, -0.2) is 37.8 Å². The maximum Gasteiger partial charge on any atom is 0.150 e. The van der Waals surface area contributed by atoms with Crippen LogP contribution >= 0.6 is 28.5 Å². The first kappa shape index (κ1) is 25.4. The molecule has 36 heavy (non-hydrogen) atoms. The molecule has 1 fully saturated rings. The van der Waals surface area contributed by atoms with Crippen LogP contribution in [0.1, 0.15) is 29.7 Å². The molecule has 0 amide bonds. The zero-order valence-corrected chi connectivity index (χ0v) is 23.0. The number of fused-ring (bicyclic) bond motifs is 1. The zero-order chi connectivity index (χ0) is 25.1. The minimum Gasteiger partial charge on any atom is -0.492 e. The molecule has 2 atom stereocenters. The normalized spacial score (nSPS) is 18.2. The number of likely N-dealkylation sites (tertiary alicyclic amines) is 1. The van der Waals surface area contributed by atoms with E-state index in [0.717, 1.165) is 64.7 Å². The van der Waals surface area contributed by atoms with Crippen molar-refractivity contribution in [3.63, 3.8) is 0 Å². The van der Waals surface area contributed by atoms with E-state index < -0.39 is 0 Å². The van der Waals surface area contributed by atoms with E-state index in [9.17, 15) is 8.78 Å². The van der Waals surface area contributed by atoms with E-state index in [1.807, 2.05) is 42.5 Å². The molecule has 0 spiro atoms. The summed E-state index contributed by atoms with van der Waals surface area (Å²) in [4.78, 5) is 2.20. The number of rotatable bonds is 9. The average Bonchev–Trinajstić information content (AvgIpc) is 2.87. The van der Waals surface area contributed by atoms with E-state index in [4.69, 9.17) is 14.0 Å². The topological polar surface area (TPSA) is 30.9 Å². The molecular formula is C28H27F2INO3P. The van der Waals surface area contributed by atoms with Gasteiger partial charge in [-0.1, -0.05) is 24.3 Å². The Morgan fingerprint density at radius 2 is 1.75 bits per heavy atom. The van der Waals surface area contributed by atoms with Crippen molar-refractivity contribution in [2.75, 3.05) is 32.9 Å². The minimum atomic E-state index is -0.353. The second-order valence-corrected chi connectivity index (χ2v) is 10.8. The third-order valence-electron chi connectivity index (χ3n) is 6.69. The van der Waals surface area contributed by atoms with Gasteiger partial charge in [-0.2, -0.15) is 0 Å². The summed E-state index contributed by atoms with van der Waals surface area (Å²) in [5, 5.41) is 0. The lowest BCUT2D eigenvalue weighted by atomic mass is 9.86. The van der Waals surface area contributed by atoms with Gasteiger partial charge in [-0.25, -0.2) is 4.39 Å². The Hall–Kier alpha value is -2.22. The summed E-state index contributed by atoms with van der Waals surface area (Å²) >= 11 is 2.20. The van der Waals surface area contributed by atoms with Gasteiger partial charge in [0.2, 0.25) is 0 Å². The van der Waals surface area contributed by atoms with E-state index in [0.29, 0.717) is 13.1 Å². The van der Waals surface area contributed by atoms with Crippen LogP contribution in [0.3, 0.4) is 0 Å². The predicted molar refractivity (Wildman–Crippen MR) is 150 cm³/mol. The number of alkyl halides is 1. The number of hydrogen-bond donors (Lipinski definition) is 0. The summed E-state index contributed by atoms with van der Waals surface area (Å²) in [5.41, 5.74) is 4.92. The van der Waals surface area contributed by atoms with Gasteiger partial charge in [0.1, 0.15) is 42.2 Å². The van der Waals surface area contributed by atoms with Crippen LogP contribution in [0.25, 0.3) is 11.1 Å². The quantitative estimate of drug-likeness (QED) is 0.183. The number of benzene rings is 3. The van der Waals surface area contributed by atoms with Crippen molar-refractivity contribution in [3.05, 3.63) is 89.2 Å². The summed E-state index contributed by atoms with van der Waals surface area (Å²) in [5.74, 6) is 2.27. The van der Waals surface area contributed by atoms with Crippen LogP contribution in [0.2, 0.25) is 0 Å². The largest absolute Gasteiger partial charge is 0.492 e. The van der Waals surface area contributed by atoms with E-state index >= 15 is 0 Å². The fraction of sp³-hybridized carbons (Fsp3) is 0.286. The molecule has 2 aliphatic rings. The van der Waals surface area contributed by atoms with Gasteiger partial charge in [-0.05, 0) is 88.1 Å². The van der Waals surface area contributed by atoms with Crippen molar-refractivity contribution in [3.8, 4) is 17.2 Å². The molecule has 3 aromatic rings. The number of ether oxygens (including phenoxy) is 2. The van der Waals surface area contributed by atoms with Crippen molar-refractivity contribution in [2.45, 2.75) is 13.0 Å². The fourth-order valence-electron chi connectivity index (χ4n) is 4.76. The monoisotopic (exact) mass is 621 g/mol. The summed E-state index contributed by atoms with van der Waals surface area (Å²) in [6.07, 6.45) is -0.353. The minimum absolute atomic E-state index is 0.183. The van der Waals surface area contributed by atoms with Gasteiger partial charge in [-0.15, -0.1) is 0 Å². The molecule has 5 rings (SSSR count). The smallest absolute Gasteiger partial charge is 0.150 e. The van der Waals surface area contributed by atoms with Crippen molar-refractivity contribution < 1.29 is 22.8 Å². The molecule has 188 valence electrons. The third-order valence-corrected chi connectivity index (χ3v) is 7.66. The molecule has 0 aliphatic carbocycles. The molecule has 0 bridgehead atoms. The Morgan fingerprint density at radius 1 is 1.03 bits per heavy atom. The van der Waals surface area contributed by atoms with Crippen LogP contribution < -0.4 is 14.0 Å². The lowest BCUT2D eigenvalue weighted by Gasteiger charge is -2.37. The van der Waals surface area contributed by atoms with E-state index in [-0.39, 0.29) is 24.5 Å². The van der Waals surface area contributed by atoms with E-state index in [1.54, 1.807) is 12.1 Å². The molecule has 3 aromatic carbocycles. The maximum absolute atomic E-state index is 13.7. The highest BCUT2D eigenvalue weighted by Crippen LogP contribution is 2.48. The molecule has 2 aliphatic heterocycles. The molecular weight excluding hydrogens is 594 g/mol. The summed E-state index contributed by atoms with van der Waals surface area (Å²) in [6.45, 7) is 5.12. The first-order chi connectivity index (χ1) is 17.6. The summed E-state index contributed by atoms with van der Waals surface area (Å²) in [7, 11) is 0. The fourth-order valence-corrected chi connectivity index (χ4v) is 5.74. The first-order valence-electron chi connectivity index (χ1n) is 11.9. The van der Waals surface area contributed by atoms with Gasteiger partial charge in [0, 0.05) is 36.7 Å². The lowest BCUT2D eigenvalue weighted by Crippen LogP contribution is -2.49. The molecule has 0 radical (unpaired) electrons. The highest BCUT2D eigenvalue weighted by molar-refractivity contribution is 14.2. The van der Waals surface area contributed by atoms with Crippen molar-refractivity contribution >= 4 is 39.6 Å². The van der Waals surface area contributed by atoms with Gasteiger partial charge in [0.15, 0.2) is 0 Å². The van der Waals surface area contributed by atoms with Crippen molar-refractivity contribution in [1.82, 2.24) is 4.90 Å². The average molecular weight is 621 g/mol. The second-order valence-electron chi connectivity index (χ2n) is 9.08. The van der Waals surface area contributed by atoms with E-state index in [1.165, 1.54) is 12.1 Å². The molecule has 4 nitrogen and oxygen atoms in total. The molecule has 0 saturated carbocycles. The standard InChI is InChI=1S/C28H27F2INO3P/c1-18-25-14-24(35-36-31)10-11-26(25)34-28(27(18)20-2-6-22(30)7-3-20)21-4-8-23(9-5-21)33-13-12-32-16-19(15-29)17-32/h2-11,14,19,28,36H,12-13,15-17H2,1H3. The Bertz CT molecular complexity index is 1230. The third kappa shape index (κ3) is 5.53. The van der Waals surface area contributed by atoms with Crippen LogP contribution in [0.5, 0.6) is 17.2 Å². The van der Waals surface area contributed by atoms with Gasteiger partial charge < -0.3 is 14.0 Å². The SMILES string of the molecule is CC1=C(c2ccc(F)cc2)C(c2ccc(OCCN3CC(CF)C3)cc2)Oc2ccc(OPI)cc21. The summed E-state index contributed by atoms with van der Waals surface area (Å²) < 4.78 is 44.5. The Labute approximate surface area is 225 Å². The zero-order valence-electron chi connectivity index (χ0n) is 19.8. The van der Waals surface area contributed by atoms with Gasteiger partial charge in [0.05, 0.1) is 6.67 Å². The number of hydrogen-bond acceptors (Lipinski definition) is 4. The van der Waals surface area contributed by atoms with E-state index in [2.05, 4.69) is 33.9 Å². The Kier molecular flexibility index (Phi) is 8.09. The van der Waals surface area contributed by atoms with Crippen LogP contribution in [0, 0.1) is 11.7 Å². The van der Waals surface area contributed by atoms with Crippen molar-refractivity contribution in [2.24, 2.45) is 5.92 Å². The molecule has 8 heteroatoms. The van der Waals surface area contributed by atoms with Crippen LogP contribution in [0.4, 0.5) is 8.78 Å². The maximum atomic E-state index is 13.7. The number of allylic oxidation sites excluding steroid dienone is 1. The van der Waals surface area contributed by atoms with Crippen LogP contribution in [-0.2, 0) is 0 Å².